The lowest BCUT2D eigenvalue weighted by Crippen LogP contribution is -2.54. The fourth-order valence-corrected chi connectivity index (χ4v) is 8.69. The molecule has 57 heavy (non-hydrogen) atoms. The first kappa shape index (κ1) is 36.4. The molecule has 0 radical (unpaired) electrons. The Bertz CT molecular complexity index is 2470. The van der Waals surface area contributed by atoms with Crippen molar-refractivity contribution < 1.29 is 24.3 Å². The summed E-state index contributed by atoms with van der Waals surface area (Å²) in [5.41, 5.74) is 7.77. The number of nitrogens with one attached hydrogen (secondary N) is 3. The van der Waals surface area contributed by atoms with Crippen molar-refractivity contribution in [2.45, 2.75) is 64.1 Å². The second-order valence-corrected chi connectivity index (χ2v) is 15.8. The zero-order valence-corrected chi connectivity index (χ0v) is 32.1. The highest BCUT2D eigenvalue weighted by Crippen LogP contribution is 2.35. The summed E-state index contributed by atoms with van der Waals surface area (Å²) < 4.78 is 1.76. The number of fused-ring (bicyclic) bond motifs is 3. The van der Waals surface area contributed by atoms with E-state index in [1.807, 2.05) is 19.2 Å². The van der Waals surface area contributed by atoms with Gasteiger partial charge in [-0.25, -0.2) is 9.67 Å². The van der Waals surface area contributed by atoms with Gasteiger partial charge in [-0.3, -0.25) is 34.3 Å². The van der Waals surface area contributed by atoms with Crippen molar-refractivity contribution in [1.29, 1.82) is 0 Å². The Balaban J connectivity index is 0.827. The maximum absolute atomic E-state index is 13.4. The number of para-hydroxylation sites is 1. The van der Waals surface area contributed by atoms with Crippen LogP contribution in [0, 0.1) is 13.8 Å². The predicted molar refractivity (Wildman–Crippen MR) is 214 cm³/mol. The van der Waals surface area contributed by atoms with Gasteiger partial charge in [-0.15, -0.1) is 0 Å². The van der Waals surface area contributed by atoms with Gasteiger partial charge < -0.3 is 20.6 Å². The van der Waals surface area contributed by atoms with E-state index in [0.29, 0.717) is 56.4 Å². The molecule has 15 nitrogen and oxygen atoms in total. The lowest BCUT2D eigenvalue weighted by Gasteiger charge is -2.43. The van der Waals surface area contributed by atoms with Crippen LogP contribution in [0.1, 0.15) is 68.7 Å². The molecule has 9 rings (SSSR count). The first-order valence-electron chi connectivity index (χ1n) is 19.4. The summed E-state index contributed by atoms with van der Waals surface area (Å²) in [4.78, 5) is 65.5. The standard InChI is InChI=1S/C42H44N10O5/c1-24-5-4-6-25(2)35(24)46-36-32-21-43-41(47-37(32)49(3)48-36)44-28-8-7-26-13-16-50(22-27(26)19-28)23-42(57)14-17-51(18-15-42)29-9-10-30-31(20-29)40(56)52(39(30)55)33-11-12-34(53)45-38(33)54/h4-10,19-21,33,57H,11-18,22-23H2,1-3H3,(H,46,48)(H,43,44,47)(H,45,53,54). The van der Waals surface area contributed by atoms with E-state index in [4.69, 9.17) is 10.1 Å². The maximum Gasteiger partial charge on any atom is 0.262 e. The minimum absolute atomic E-state index is 0.0721. The van der Waals surface area contributed by atoms with Crippen LogP contribution in [-0.4, -0.2) is 96.1 Å². The van der Waals surface area contributed by atoms with E-state index in [1.165, 1.54) is 11.1 Å². The summed E-state index contributed by atoms with van der Waals surface area (Å²) in [6, 6.07) is 16.7. The molecule has 2 fully saturated rings. The Morgan fingerprint density at radius 1 is 0.895 bits per heavy atom. The number of carbonyl (C=O) groups is 4. The van der Waals surface area contributed by atoms with Gasteiger partial charge in [0, 0.05) is 69.5 Å². The summed E-state index contributed by atoms with van der Waals surface area (Å²) in [6.07, 6.45) is 3.94. The molecule has 3 aromatic carbocycles. The van der Waals surface area contributed by atoms with Crippen LogP contribution in [-0.2, 0) is 29.6 Å². The van der Waals surface area contributed by atoms with Crippen molar-refractivity contribution in [3.8, 4) is 0 Å². The predicted octanol–water partition coefficient (Wildman–Crippen LogP) is 4.26. The van der Waals surface area contributed by atoms with E-state index >= 15 is 0 Å². The van der Waals surface area contributed by atoms with Gasteiger partial charge in [-0.2, -0.15) is 10.1 Å². The molecule has 4 aliphatic heterocycles. The van der Waals surface area contributed by atoms with Crippen molar-refractivity contribution in [3.05, 3.63) is 94.2 Å². The Labute approximate surface area is 329 Å². The Kier molecular flexibility index (Phi) is 9.00. The normalized spacial score (nSPS) is 19.5. The first-order valence-corrected chi connectivity index (χ1v) is 19.4. The summed E-state index contributed by atoms with van der Waals surface area (Å²) >= 11 is 0. The third-order valence-corrected chi connectivity index (χ3v) is 11.9. The zero-order valence-electron chi connectivity index (χ0n) is 32.1. The van der Waals surface area contributed by atoms with Gasteiger partial charge >= 0.3 is 0 Å². The molecule has 0 saturated carbocycles. The number of aromatic nitrogens is 4. The van der Waals surface area contributed by atoms with Gasteiger partial charge in [0.15, 0.2) is 11.5 Å². The van der Waals surface area contributed by atoms with Crippen molar-refractivity contribution in [2.24, 2.45) is 7.05 Å². The molecule has 4 N–H and O–H groups in total. The molecule has 4 aliphatic rings. The third-order valence-electron chi connectivity index (χ3n) is 11.9. The molecule has 0 bridgehead atoms. The van der Waals surface area contributed by atoms with E-state index in [9.17, 15) is 24.3 Å². The number of nitrogens with zero attached hydrogens (tertiary/aromatic N) is 7. The zero-order chi connectivity index (χ0) is 39.6. The molecule has 2 aromatic heterocycles. The van der Waals surface area contributed by atoms with Crippen LogP contribution in [0.3, 0.4) is 0 Å². The molecule has 1 unspecified atom stereocenters. The molecule has 0 aliphatic carbocycles. The molecule has 4 amide bonds. The van der Waals surface area contributed by atoms with Crippen LogP contribution < -0.4 is 20.9 Å². The Hall–Kier alpha value is -6.19. The van der Waals surface area contributed by atoms with E-state index in [0.717, 1.165) is 51.4 Å². The number of piperidine rings is 2. The average Bonchev–Trinajstić information content (AvgIpc) is 3.63. The van der Waals surface area contributed by atoms with Crippen LogP contribution in [0.25, 0.3) is 11.0 Å². The highest BCUT2D eigenvalue weighted by atomic mass is 16.3. The van der Waals surface area contributed by atoms with Gasteiger partial charge in [0.2, 0.25) is 17.8 Å². The summed E-state index contributed by atoms with van der Waals surface area (Å²) in [7, 11) is 1.87. The molecule has 15 heteroatoms. The largest absolute Gasteiger partial charge is 0.388 e. The summed E-state index contributed by atoms with van der Waals surface area (Å²) in [5, 5.41) is 26.4. The minimum atomic E-state index is -1.00. The van der Waals surface area contributed by atoms with E-state index < -0.39 is 35.3 Å². The number of aryl methyl sites for hydroxylation is 3. The molecule has 1 atom stereocenters. The second kappa shape index (κ2) is 14.1. The highest BCUT2D eigenvalue weighted by molar-refractivity contribution is 6.23. The monoisotopic (exact) mass is 768 g/mol. The van der Waals surface area contributed by atoms with Crippen molar-refractivity contribution in [3.63, 3.8) is 0 Å². The van der Waals surface area contributed by atoms with Gasteiger partial charge in [-0.1, -0.05) is 24.3 Å². The number of rotatable bonds is 8. The van der Waals surface area contributed by atoms with Crippen LogP contribution >= 0.6 is 0 Å². The molecule has 292 valence electrons. The quantitative estimate of drug-likeness (QED) is 0.165. The molecular formula is C42H44N10O5. The van der Waals surface area contributed by atoms with Gasteiger partial charge in [0.25, 0.3) is 11.8 Å². The van der Waals surface area contributed by atoms with E-state index in [1.54, 1.807) is 23.0 Å². The van der Waals surface area contributed by atoms with E-state index in [2.05, 4.69) is 74.9 Å². The second-order valence-electron chi connectivity index (χ2n) is 15.8. The van der Waals surface area contributed by atoms with Gasteiger partial charge in [0.05, 0.1) is 22.1 Å². The molecule has 2 saturated heterocycles. The Morgan fingerprint density at radius 3 is 2.44 bits per heavy atom. The topological polar surface area (TPSA) is 178 Å². The van der Waals surface area contributed by atoms with Gasteiger partial charge in [-0.05, 0) is 92.1 Å². The third kappa shape index (κ3) is 6.76. The van der Waals surface area contributed by atoms with Crippen molar-refractivity contribution in [1.82, 2.24) is 34.9 Å². The lowest BCUT2D eigenvalue weighted by atomic mass is 9.89. The molecule has 0 spiro atoms. The summed E-state index contributed by atoms with van der Waals surface area (Å²) in [6.45, 7) is 7.38. The lowest BCUT2D eigenvalue weighted by molar-refractivity contribution is -0.136. The number of hydrogen-bond donors (Lipinski definition) is 4. The fourth-order valence-electron chi connectivity index (χ4n) is 8.69. The number of carbonyl (C=O) groups excluding carboxylic acids is 4. The molecular weight excluding hydrogens is 725 g/mol. The maximum atomic E-state index is 13.4. The number of anilines is 5. The van der Waals surface area contributed by atoms with E-state index in [-0.39, 0.29) is 24.0 Å². The van der Waals surface area contributed by atoms with Crippen LogP contribution in [0.15, 0.2) is 60.8 Å². The average molecular weight is 769 g/mol. The highest BCUT2D eigenvalue weighted by Gasteiger charge is 2.45. The van der Waals surface area contributed by atoms with Crippen molar-refractivity contribution >= 4 is 63.5 Å². The number of benzene rings is 3. The first-order chi connectivity index (χ1) is 27.4. The molecule has 6 heterocycles. The Morgan fingerprint density at radius 2 is 1.67 bits per heavy atom. The smallest absolute Gasteiger partial charge is 0.262 e. The number of amides is 4. The number of aliphatic hydroxyl groups is 1. The van der Waals surface area contributed by atoms with Crippen molar-refractivity contribution in [2.75, 3.05) is 41.7 Å². The van der Waals surface area contributed by atoms with Crippen LogP contribution in [0.5, 0.6) is 0 Å². The molecule has 5 aromatic rings. The summed E-state index contributed by atoms with van der Waals surface area (Å²) in [5.74, 6) is -0.905. The number of imide groups is 2. The number of hydrogen-bond acceptors (Lipinski definition) is 12. The van der Waals surface area contributed by atoms with Crippen LogP contribution in [0.4, 0.5) is 28.8 Å². The fraction of sp³-hybridized carbons (Fsp3) is 0.357. The van der Waals surface area contributed by atoms with Gasteiger partial charge in [0.1, 0.15) is 6.04 Å². The SMILES string of the molecule is Cc1cccc(C)c1Nc1nn(C)c2nc(Nc3ccc4c(c3)CN(CC3(O)CCN(c5ccc6c(c5)C(=O)N(C5CCC(=O)NC5=O)C6=O)CC3)CC4)ncc12. The number of β-amino-alcohol motifs (C(OH)–C–C–N with tert-alkyl or cyclic N) is 1. The van der Waals surface area contributed by atoms with Crippen LogP contribution in [0.2, 0.25) is 0 Å². The minimum Gasteiger partial charge on any atom is -0.388 e.